The maximum Gasteiger partial charge on any atom is 0.409 e. The molecule has 0 bridgehead atoms. The number of carbonyl (C=O) groups is 1. The first-order valence-corrected chi connectivity index (χ1v) is 9.38. The summed E-state index contributed by atoms with van der Waals surface area (Å²) in [5.74, 6) is 0. The zero-order valence-electron chi connectivity index (χ0n) is 15.4. The van der Waals surface area contributed by atoms with Crippen molar-refractivity contribution in [3.8, 4) is 11.1 Å². The standard InChI is InChI=1S/C21H23N3O3/c1-2-27-21(26)23-12-10-17(11-13-23)24-19-9-8-16(14-18(19)22-20(24)25)15-6-4-3-5-7-15/h3-9,14,17H,2,10-13H2,1H3,(H,22,25). The van der Waals surface area contributed by atoms with Gasteiger partial charge in [-0.3, -0.25) is 4.57 Å². The van der Waals surface area contributed by atoms with Crippen LogP contribution in [0.2, 0.25) is 0 Å². The van der Waals surface area contributed by atoms with Crippen molar-refractivity contribution in [1.82, 2.24) is 14.5 Å². The number of nitrogens with one attached hydrogen (secondary N) is 1. The van der Waals surface area contributed by atoms with Gasteiger partial charge in [0, 0.05) is 19.1 Å². The van der Waals surface area contributed by atoms with Gasteiger partial charge in [-0.05, 0) is 43.0 Å². The van der Waals surface area contributed by atoms with E-state index in [0.29, 0.717) is 19.7 Å². The van der Waals surface area contributed by atoms with Crippen LogP contribution in [-0.2, 0) is 4.74 Å². The number of piperidine rings is 1. The number of amides is 1. The first kappa shape index (κ1) is 17.4. The molecule has 1 saturated heterocycles. The fourth-order valence-corrected chi connectivity index (χ4v) is 3.83. The summed E-state index contributed by atoms with van der Waals surface area (Å²) in [6.07, 6.45) is 1.22. The van der Waals surface area contributed by atoms with E-state index >= 15 is 0 Å². The van der Waals surface area contributed by atoms with Crippen LogP contribution in [0.15, 0.2) is 53.3 Å². The summed E-state index contributed by atoms with van der Waals surface area (Å²) < 4.78 is 6.91. The van der Waals surface area contributed by atoms with E-state index in [2.05, 4.69) is 23.2 Å². The average molecular weight is 365 g/mol. The molecule has 6 heteroatoms. The summed E-state index contributed by atoms with van der Waals surface area (Å²) in [7, 11) is 0. The van der Waals surface area contributed by atoms with E-state index in [0.717, 1.165) is 35.0 Å². The molecular formula is C21H23N3O3. The molecule has 1 aliphatic rings. The lowest BCUT2D eigenvalue weighted by atomic mass is 10.0. The van der Waals surface area contributed by atoms with Crippen molar-refractivity contribution in [2.24, 2.45) is 0 Å². The van der Waals surface area contributed by atoms with Gasteiger partial charge in [-0.15, -0.1) is 0 Å². The zero-order valence-corrected chi connectivity index (χ0v) is 15.4. The van der Waals surface area contributed by atoms with Crippen molar-refractivity contribution < 1.29 is 9.53 Å². The van der Waals surface area contributed by atoms with Crippen LogP contribution in [0.5, 0.6) is 0 Å². The second-order valence-corrected chi connectivity index (χ2v) is 6.82. The molecule has 0 aliphatic carbocycles. The van der Waals surface area contributed by atoms with Crippen LogP contribution >= 0.6 is 0 Å². The highest BCUT2D eigenvalue weighted by Gasteiger charge is 2.26. The molecule has 2 heterocycles. The van der Waals surface area contributed by atoms with E-state index in [1.165, 1.54) is 0 Å². The van der Waals surface area contributed by atoms with Crippen LogP contribution < -0.4 is 5.69 Å². The van der Waals surface area contributed by atoms with Crippen molar-refractivity contribution in [3.63, 3.8) is 0 Å². The molecule has 6 nitrogen and oxygen atoms in total. The number of hydrogen-bond donors (Lipinski definition) is 1. The van der Waals surface area contributed by atoms with Crippen LogP contribution in [0.3, 0.4) is 0 Å². The van der Waals surface area contributed by atoms with Gasteiger partial charge in [0.05, 0.1) is 17.6 Å². The van der Waals surface area contributed by atoms with Crippen molar-refractivity contribution >= 4 is 17.1 Å². The van der Waals surface area contributed by atoms with Crippen molar-refractivity contribution in [3.05, 3.63) is 59.0 Å². The van der Waals surface area contributed by atoms with Crippen LogP contribution in [-0.4, -0.2) is 40.2 Å². The highest BCUT2D eigenvalue weighted by atomic mass is 16.6. The van der Waals surface area contributed by atoms with Gasteiger partial charge in [-0.1, -0.05) is 36.4 Å². The number of fused-ring (bicyclic) bond motifs is 1. The Morgan fingerprint density at radius 1 is 1.11 bits per heavy atom. The Balaban J connectivity index is 1.59. The van der Waals surface area contributed by atoms with Crippen LogP contribution in [0.1, 0.15) is 25.8 Å². The van der Waals surface area contributed by atoms with Crippen molar-refractivity contribution in [1.29, 1.82) is 0 Å². The third kappa shape index (κ3) is 3.35. The van der Waals surface area contributed by atoms with E-state index in [1.807, 2.05) is 34.9 Å². The Morgan fingerprint density at radius 2 is 1.85 bits per heavy atom. The van der Waals surface area contributed by atoms with Gasteiger partial charge in [0.15, 0.2) is 0 Å². The van der Waals surface area contributed by atoms with Crippen molar-refractivity contribution in [2.75, 3.05) is 19.7 Å². The van der Waals surface area contributed by atoms with E-state index in [9.17, 15) is 9.59 Å². The monoisotopic (exact) mass is 365 g/mol. The van der Waals surface area contributed by atoms with Gasteiger partial charge >= 0.3 is 11.8 Å². The summed E-state index contributed by atoms with van der Waals surface area (Å²) in [5.41, 5.74) is 3.86. The quantitative estimate of drug-likeness (QED) is 0.768. The van der Waals surface area contributed by atoms with Gasteiger partial charge in [-0.25, -0.2) is 9.59 Å². The highest BCUT2D eigenvalue weighted by Crippen LogP contribution is 2.28. The Kier molecular flexibility index (Phi) is 4.71. The number of hydrogen-bond acceptors (Lipinski definition) is 3. The molecule has 27 heavy (non-hydrogen) atoms. The van der Waals surface area contributed by atoms with Crippen LogP contribution in [0.25, 0.3) is 22.2 Å². The molecule has 0 saturated carbocycles. The molecule has 0 atom stereocenters. The number of aromatic amines is 1. The second kappa shape index (κ2) is 7.31. The minimum absolute atomic E-state index is 0.0829. The molecule has 3 aromatic rings. The van der Waals surface area contributed by atoms with E-state index in [1.54, 1.807) is 11.8 Å². The number of ether oxygens (including phenoxy) is 1. The molecule has 2 aromatic carbocycles. The topological polar surface area (TPSA) is 67.3 Å². The number of H-pyrrole nitrogens is 1. The van der Waals surface area contributed by atoms with Gasteiger partial charge in [-0.2, -0.15) is 0 Å². The Hall–Kier alpha value is -3.02. The normalized spacial score (nSPS) is 15.2. The Morgan fingerprint density at radius 3 is 2.56 bits per heavy atom. The number of rotatable bonds is 3. The minimum Gasteiger partial charge on any atom is -0.450 e. The molecule has 1 amide bonds. The SMILES string of the molecule is CCOC(=O)N1CCC(n2c(=O)[nH]c3cc(-c4ccccc4)ccc32)CC1. The summed E-state index contributed by atoms with van der Waals surface area (Å²) in [4.78, 5) is 29.2. The fraction of sp³-hybridized carbons (Fsp3) is 0.333. The van der Waals surface area contributed by atoms with Crippen molar-refractivity contribution in [2.45, 2.75) is 25.8 Å². The van der Waals surface area contributed by atoms with E-state index in [4.69, 9.17) is 4.74 Å². The highest BCUT2D eigenvalue weighted by molar-refractivity contribution is 5.82. The number of imidazole rings is 1. The number of benzene rings is 2. The van der Waals surface area contributed by atoms with E-state index in [-0.39, 0.29) is 17.8 Å². The van der Waals surface area contributed by atoms with Gasteiger partial charge in [0.25, 0.3) is 0 Å². The Labute approximate surface area is 157 Å². The lowest BCUT2D eigenvalue weighted by Crippen LogP contribution is -2.40. The molecule has 1 N–H and O–H groups in total. The second-order valence-electron chi connectivity index (χ2n) is 6.82. The first-order valence-electron chi connectivity index (χ1n) is 9.38. The smallest absolute Gasteiger partial charge is 0.409 e. The zero-order chi connectivity index (χ0) is 18.8. The molecule has 1 aromatic heterocycles. The summed E-state index contributed by atoms with van der Waals surface area (Å²) in [6.45, 7) is 3.39. The average Bonchev–Trinajstić information content (AvgIpc) is 3.04. The lowest BCUT2D eigenvalue weighted by Gasteiger charge is -2.31. The molecule has 0 unspecified atom stereocenters. The predicted molar refractivity (Wildman–Crippen MR) is 105 cm³/mol. The molecule has 0 radical (unpaired) electrons. The van der Waals surface area contributed by atoms with Crippen LogP contribution in [0.4, 0.5) is 4.79 Å². The third-order valence-corrected chi connectivity index (χ3v) is 5.18. The first-order chi connectivity index (χ1) is 13.2. The van der Waals surface area contributed by atoms with E-state index < -0.39 is 0 Å². The largest absolute Gasteiger partial charge is 0.450 e. The molecule has 1 fully saturated rings. The maximum absolute atomic E-state index is 12.6. The molecule has 4 rings (SSSR count). The molecular weight excluding hydrogens is 342 g/mol. The van der Waals surface area contributed by atoms with Gasteiger partial charge in [0.1, 0.15) is 0 Å². The Bertz CT molecular complexity index is 998. The molecule has 1 aliphatic heterocycles. The minimum atomic E-state index is -0.269. The summed E-state index contributed by atoms with van der Waals surface area (Å²) in [5, 5.41) is 0. The number of nitrogens with zero attached hydrogens (tertiary/aromatic N) is 2. The summed E-state index contributed by atoms with van der Waals surface area (Å²) in [6, 6.07) is 16.3. The summed E-state index contributed by atoms with van der Waals surface area (Å²) >= 11 is 0. The van der Waals surface area contributed by atoms with Crippen LogP contribution in [0, 0.1) is 0 Å². The lowest BCUT2D eigenvalue weighted by molar-refractivity contribution is 0.0928. The molecule has 0 spiro atoms. The maximum atomic E-state index is 12.6. The van der Waals surface area contributed by atoms with Gasteiger partial charge < -0.3 is 14.6 Å². The number of carbonyl (C=O) groups excluding carboxylic acids is 1. The number of likely N-dealkylation sites (tertiary alicyclic amines) is 1. The third-order valence-electron chi connectivity index (χ3n) is 5.18. The fourth-order valence-electron chi connectivity index (χ4n) is 3.83. The number of aromatic nitrogens is 2. The predicted octanol–water partition coefficient (Wildman–Crippen LogP) is 3.79. The van der Waals surface area contributed by atoms with Gasteiger partial charge in [0.2, 0.25) is 0 Å². The molecule has 140 valence electrons.